The number of para-hydroxylation sites is 2. The Hall–Kier alpha value is -3.64. The molecule has 6 heteroatoms. The number of nitrogens with zero attached hydrogens (tertiary/aromatic N) is 2. The van der Waals surface area contributed by atoms with Gasteiger partial charge in [0.2, 0.25) is 0 Å². The average molecular weight is 528 g/mol. The summed E-state index contributed by atoms with van der Waals surface area (Å²) in [6, 6.07) is 30.0. The van der Waals surface area contributed by atoms with Gasteiger partial charge in [0, 0.05) is 29.5 Å². The number of fused-ring (bicyclic) bond motifs is 2. The molecular formula is C29H26BrN3O2. The van der Waals surface area contributed by atoms with E-state index in [4.69, 9.17) is 9.72 Å². The molecule has 0 aliphatic rings. The first-order valence-electron chi connectivity index (χ1n) is 11.8. The maximum atomic E-state index is 12.5. The maximum absolute atomic E-state index is 12.5. The lowest BCUT2D eigenvalue weighted by atomic mass is 10.1. The molecule has 1 amide bonds. The van der Waals surface area contributed by atoms with E-state index in [9.17, 15) is 4.79 Å². The van der Waals surface area contributed by atoms with Gasteiger partial charge in [0.1, 0.15) is 11.6 Å². The first kappa shape index (κ1) is 23.1. The van der Waals surface area contributed by atoms with Crippen molar-refractivity contribution in [3.63, 3.8) is 0 Å². The summed E-state index contributed by atoms with van der Waals surface area (Å²) in [5, 5.41) is 5.40. The summed E-state index contributed by atoms with van der Waals surface area (Å²) in [5.41, 5.74) is 2.72. The van der Waals surface area contributed by atoms with Crippen LogP contribution in [0.2, 0.25) is 0 Å². The highest BCUT2D eigenvalue weighted by molar-refractivity contribution is 9.10. The number of aryl methyl sites for hydroxylation is 1. The van der Waals surface area contributed by atoms with Crippen molar-refractivity contribution in [1.29, 1.82) is 0 Å². The van der Waals surface area contributed by atoms with E-state index < -0.39 is 0 Å². The SMILES string of the molecule is O=C(NCCc1nc2ccccc2n1CCCOc1ccc2ccccc2c1)c1ccc(Br)cc1. The number of aromatic nitrogens is 2. The predicted molar refractivity (Wildman–Crippen MR) is 144 cm³/mol. The van der Waals surface area contributed by atoms with Gasteiger partial charge >= 0.3 is 0 Å². The van der Waals surface area contributed by atoms with Gasteiger partial charge in [-0.05, 0) is 65.7 Å². The number of ether oxygens (including phenoxy) is 1. The van der Waals surface area contributed by atoms with Gasteiger partial charge in [0.15, 0.2) is 0 Å². The van der Waals surface area contributed by atoms with Crippen molar-refractivity contribution < 1.29 is 9.53 Å². The summed E-state index contributed by atoms with van der Waals surface area (Å²) in [7, 11) is 0. The molecule has 0 spiro atoms. The zero-order chi connectivity index (χ0) is 24.0. The lowest BCUT2D eigenvalue weighted by Crippen LogP contribution is -2.26. The van der Waals surface area contributed by atoms with Crippen LogP contribution in [0.5, 0.6) is 5.75 Å². The molecule has 1 aromatic heterocycles. The smallest absolute Gasteiger partial charge is 0.251 e. The first-order valence-corrected chi connectivity index (χ1v) is 12.6. The van der Waals surface area contributed by atoms with E-state index in [0.29, 0.717) is 25.1 Å². The summed E-state index contributed by atoms with van der Waals surface area (Å²) < 4.78 is 9.23. The molecule has 5 nitrogen and oxygen atoms in total. The van der Waals surface area contributed by atoms with E-state index in [0.717, 1.165) is 40.0 Å². The van der Waals surface area contributed by atoms with Crippen molar-refractivity contribution in [3.05, 3.63) is 107 Å². The Morgan fingerprint density at radius 3 is 2.54 bits per heavy atom. The predicted octanol–water partition coefficient (Wildman–Crippen LogP) is 6.39. The van der Waals surface area contributed by atoms with E-state index in [1.165, 1.54) is 10.8 Å². The molecule has 1 heterocycles. The summed E-state index contributed by atoms with van der Waals surface area (Å²) >= 11 is 3.40. The molecule has 0 atom stereocenters. The number of benzene rings is 4. The topological polar surface area (TPSA) is 56.2 Å². The lowest BCUT2D eigenvalue weighted by Gasteiger charge is -2.11. The van der Waals surface area contributed by atoms with E-state index in [-0.39, 0.29) is 5.91 Å². The van der Waals surface area contributed by atoms with Crippen LogP contribution in [0.3, 0.4) is 0 Å². The van der Waals surface area contributed by atoms with Crippen molar-refractivity contribution in [1.82, 2.24) is 14.9 Å². The molecule has 5 aromatic rings. The number of rotatable bonds is 9. The minimum absolute atomic E-state index is 0.0797. The van der Waals surface area contributed by atoms with Gasteiger partial charge in [0.05, 0.1) is 17.6 Å². The van der Waals surface area contributed by atoms with Crippen LogP contribution in [0.25, 0.3) is 21.8 Å². The highest BCUT2D eigenvalue weighted by Gasteiger charge is 2.11. The van der Waals surface area contributed by atoms with Gasteiger partial charge in [-0.25, -0.2) is 4.98 Å². The molecule has 35 heavy (non-hydrogen) atoms. The number of nitrogens with one attached hydrogen (secondary N) is 1. The molecule has 0 bridgehead atoms. The maximum Gasteiger partial charge on any atom is 0.251 e. The largest absolute Gasteiger partial charge is 0.494 e. The van der Waals surface area contributed by atoms with Gasteiger partial charge < -0.3 is 14.6 Å². The Morgan fingerprint density at radius 2 is 1.69 bits per heavy atom. The zero-order valence-corrected chi connectivity index (χ0v) is 20.9. The highest BCUT2D eigenvalue weighted by Crippen LogP contribution is 2.21. The van der Waals surface area contributed by atoms with Crippen LogP contribution in [0.1, 0.15) is 22.6 Å². The Bertz CT molecular complexity index is 1460. The van der Waals surface area contributed by atoms with Crippen molar-refractivity contribution >= 4 is 43.6 Å². The van der Waals surface area contributed by atoms with Crippen molar-refractivity contribution in [2.45, 2.75) is 19.4 Å². The third kappa shape index (κ3) is 5.54. The summed E-state index contributed by atoms with van der Waals surface area (Å²) in [6.07, 6.45) is 1.51. The molecule has 0 radical (unpaired) electrons. The fourth-order valence-corrected chi connectivity index (χ4v) is 4.49. The number of amides is 1. The Kier molecular flexibility index (Phi) is 7.09. The zero-order valence-electron chi connectivity index (χ0n) is 19.3. The van der Waals surface area contributed by atoms with E-state index in [1.54, 1.807) is 0 Å². The number of carbonyl (C=O) groups excluding carboxylic acids is 1. The fraction of sp³-hybridized carbons (Fsp3) is 0.172. The molecular weight excluding hydrogens is 502 g/mol. The van der Waals surface area contributed by atoms with Crippen LogP contribution >= 0.6 is 15.9 Å². The molecule has 0 saturated carbocycles. The number of halogens is 1. The Labute approximate surface area is 212 Å². The van der Waals surface area contributed by atoms with Gasteiger partial charge in [-0.1, -0.05) is 58.4 Å². The first-order chi connectivity index (χ1) is 17.2. The number of imidazole rings is 1. The molecule has 5 rings (SSSR count). The molecule has 0 aliphatic carbocycles. The standard InChI is InChI=1S/C29H26BrN3O2/c30-24-13-10-22(11-14-24)29(34)31-17-16-28-32-26-8-3-4-9-27(26)33(28)18-5-19-35-25-15-12-21-6-1-2-7-23(21)20-25/h1-4,6-15,20H,5,16-19H2,(H,31,34). The van der Waals surface area contributed by atoms with Gasteiger partial charge in [-0.2, -0.15) is 0 Å². The molecule has 0 fully saturated rings. The van der Waals surface area contributed by atoms with Crippen molar-refractivity contribution in [2.75, 3.05) is 13.2 Å². The minimum atomic E-state index is -0.0797. The summed E-state index contributed by atoms with van der Waals surface area (Å²) in [4.78, 5) is 17.3. The fourth-order valence-electron chi connectivity index (χ4n) is 4.23. The third-order valence-electron chi connectivity index (χ3n) is 5.99. The average Bonchev–Trinajstić information content (AvgIpc) is 3.24. The third-order valence-corrected chi connectivity index (χ3v) is 6.52. The van der Waals surface area contributed by atoms with Crippen LogP contribution in [-0.2, 0) is 13.0 Å². The van der Waals surface area contributed by atoms with Crippen molar-refractivity contribution in [2.24, 2.45) is 0 Å². The van der Waals surface area contributed by atoms with Gasteiger partial charge in [0.25, 0.3) is 5.91 Å². The minimum Gasteiger partial charge on any atom is -0.494 e. The van der Waals surface area contributed by atoms with Crippen LogP contribution < -0.4 is 10.1 Å². The van der Waals surface area contributed by atoms with Gasteiger partial charge in [-0.15, -0.1) is 0 Å². The number of carbonyl (C=O) groups is 1. The number of hydrogen-bond acceptors (Lipinski definition) is 3. The number of hydrogen-bond donors (Lipinski definition) is 1. The monoisotopic (exact) mass is 527 g/mol. The second-order valence-corrected chi connectivity index (χ2v) is 9.31. The van der Waals surface area contributed by atoms with E-state index in [2.05, 4.69) is 56.1 Å². The molecule has 1 N–H and O–H groups in total. The second kappa shape index (κ2) is 10.7. The highest BCUT2D eigenvalue weighted by atomic mass is 79.9. The van der Waals surface area contributed by atoms with Crippen LogP contribution in [0.4, 0.5) is 0 Å². The Morgan fingerprint density at radius 1 is 0.914 bits per heavy atom. The molecule has 4 aromatic carbocycles. The van der Waals surface area contributed by atoms with Crippen LogP contribution in [0, 0.1) is 0 Å². The molecule has 0 aliphatic heterocycles. The Balaban J connectivity index is 1.20. The van der Waals surface area contributed by atoms with Crippen LogP contribution in [-0.4, -0.2) is 28.6 Å². The van der Waals surface area contributed by atoms with Gasteiger partial charge in [-0.3, -0.25) is 4.79 Å². The summed E-state index contributed by atoms with van der Waals surface area (Å²) in [5.74, 6) is 1.77. The van der Waals surface area contributed by atoms with E-state index >= 15 is 0 Å². The van der Waals surface area contributed by atoms with Crippen LogP contribution in [0.15, 0.2) is 95.5 Å². The molecule has 0 saturated heterocycles. The van der Waals surface area contributed by atoms with Crippen molar-refractivity contribution in [3.8, 4) is 5.75 Å². The normalized spacial score (nSPS) is 11.1. The quantitative estimate of drug-likeness (QED) is 0.226. The second-order valence-electron chi connectivity index (χ2n) is 8.39. The summed E-state index contributed by atoms with van der Waals surface area (Å²) in [6.45, 7) is 1.93. The lowest BCUT2D eigenvalue weighted by molar-refractivity contribution is 0.0954. The molecule has 0 unspecified atom stereocenters. The molecule has 176 valence electrons. The van der Waals surface area contributed by atoms with E-state index in [1.807, 2.05) is 60.7 Å².